The number of fused-ring (bicyclic) bond motifs is 1. The van der Waals surface area contributed by atoms with E-state index in [1.165, 1.54) is 7.11 Å². The summed E-state index contributed by atoms with van der Waals surface area (Å²) in [5, 5.41) is 1.41. The fourth-order valence-electron chi connectivity index (χ4n) is 2.93. The molecule has 0 saturated heterocycles. The Kier molecular flexibility index (Phi) is 5.37. The van der Waals surface area contributed by atoms with Crippen LogP contribution in [0.2, 0.25) is 10.0 Å². The number of benzene rings is 2. The highest BCUT2D eigenvalue weighted by Gasteiger charge is 2.27. The van der Waals surface area contributed by atoms with Crippen molar-refractivity contribution in [1.82, 2.24) is 4.57 Å². The van der Waals surface area contributed by atoms with Crippen molar-refractivity contribution in [3.8, 4) is 0 Å². The molecule has 1 unspecified atom stereocenters. The van der Waals surface area contributed by atoms with Crippen molar-refractivity contribution in [3.05, 3.63) is 64.3 Å². The van der Waals surface area contributed by atoms with E-state index in [4.69, 9.17) is 27.9 Å². The number of esters is 1. The zero-order valence-corrected chi connectivity index (χ0v) is 16.8. The van der Waals surface area contributed by atoms with Crippen LogP contribution in [0.1, 0.15) is 11.6 Å². The van der Waals surface area contributed by atoms with Crippen molar-refractivity contribution < 1.29 is 17.9 Å². The Labute approximate surface area is 166 Å². The number of ether oxygens (including phenoxy) is 1. The number of nitrogens with one attached hydrogen (secondary N) is 1. The molecule has 1 aromatic heterocycles. The van der Waals surface area contributed by atoms with Crippen molar-refractivity contribution in [2.45, 2.75) is 6.04 Å². The van der Waals surface area contributed by atoms with E-state index in [2.05, 4.69) is 4.72 Å². The van der Waals surface area contributed by atoms with Crippen molar-refractivity contribution in [3.63, 3.8) is 0 Å². The zero-order chi connectivity index (χ0) is 19.8. The summed E-state index contributed by atoms with van der Waals surface area (Å²) in [5.41, 5.74) is 1.58. The molecule has 2 aromatic carbocycles. The normalized spacial score (nSPS) is 12.7. The van der Waals surface area contributed by atoms with Gasteiger partial charge in [-0.2, -0.15) is 0 Å². The van der Waals surface area contributed by atoms with E-state index >= 15 is 0 Å². The molecule has 0 bridgehead atoms. The van der Waals surface area contributed by atoms with Gasteiger partial charge in [0, 0.05) is 27.2 Å². The van der Waals surface area contributed by atoms with E-state index in [1.807, 2.05) is 0 Å². The molecule has 0 aliphatic rings. The van der Waals surface area contributed by atoms with Crippen LogP contribution in [-0.2, 0) is 19.6 Å². The summed E-state index contributed by atoms with van der Waals surface area (Å²) in [6.07, 6.45) is 2.76. The van der Waals surface area contributed by atoms with E-state index in [9.17, 15) is 13.2 Å². The Morgan fingerprint density at radius 2 is 1.93 bits per heavy atom. The largest absolute Gasteiger partial charge is 0.467 e. The van der Waals surface area contributed by atoms with Crippen molar-refractivity contribution in [2.24, 2.45) is 0 Å². The fourth-order valence-corrected chi connectivity index (χ4v) is 4.02. The molecule has 0 spiro atoms. The Balaban J connectivity index is 2.20. The predicted molar refractivity (Wildman–Crippen MR) is 107 cm³/mol. The number of carbonyl (C=O) groups excluding carboxylic acids is 1. The van der Waals surface area contributed by atoms with Crippen LogP contribution in [0.4, 0.5) is 5.69 Å². The second-order valence-corrected chi connectivity index (χ2v) is 8.52. The first-order valence-electron chi connectivity index (χ1n) is 7.81. The molecule has 0 amide bonds. The summed E-state index contributed by atoms with van der Waals surface area (Å²) in [6, 6.07) is 10.9. The average molecular weight is 427 g/mol. The van der Waals surface area contributed by atoms with Gasteiger partial charge < -0.3 is 9.30 Å². The highest BCUT2D eigenvalue weighted by atomic mass is 35.5. The van der Waals surface area contributed by atoms with Gasteiger partial charge in [0.2, 0.25) is 10.0 Å². The molecule has 1 heterocycles. The number of methoxy groups -OCH3 is 1. The lowest BCUT2D eigenvalue weighted by Gasteiger charge is -2.20. The molecule has 1 atom stereocenters. The quantitative estimate of drug-likeness (QED) is 0.623. The zero-order valence-electron chi connectivity index (χ0n) is 14.4. The van der Waals surface area contributed by atoms with Crippen LogP contribution in [0.25, 0.3) is 10.9 Å². The monoisotopic (exact) mass is 426 g/mol. The third-order valence-corrected chi connectivity index (χ3v) is 5.17. The first-order chi connectivity index (χ1) is 12.7. The van der Waals surface area contributed by atoms with Crippen molar-refractivity contribution >= 4 is 55.8 Å². The van der Waals surface area contributed by atoms with E-state index in [0.29, 0.717) is 32.2 Å². The summed E-state index contributed by atoms with van der Waals surface area (Å²) in [7, 11) is -2.16. The summed E-state index contributed by atoms with van der Waals surface area (Å²) in [4.78, 5) is 12.6. The van der Waals surface area contributed by atoms with Crippen LogP contribution in [0.5, 0.6) is 0 Å². The van der Waals surface area contributed by atoms with E-state index in [0.717, 1.165) is 6.26 Å². The van der Waals surface area contributed by atoms with Crippen LogP contribution in [0.15, 0.2) is 48.7 Å². The first kappa shape index (κ1) is 19.5. The van der Waals surface area contributed by atoms with Crippen molar-refractivity contribution in [1.29, 1.82) is 0 Å². The second kappa shape index (κ2) is 7.42. The number of nitrogens with zero attached hydrogens (tertiary/aromatic N) is 1. The molecule has 6 nitrogen and oxygen atoms in total. The lowest BCUT2D eigenvalue weighted by Crippen LogP contribution is -2.22. The molecule has 3 rings (SSSR count). The number of hydrogen-bond acceptors (Lipinski definition) is 4. The van der Waals surface area contributed by atoms with Gasteiger partial charge in [-0.05, 0) is 30.3 Å². The Morgan fingerprint density at radius 1 is 1.19 bits per heavy atom. The van der Waals surface area contributed by atoms with Gasteiger partial charge >= 0.3 is 5.97 Å². The molecule has 0 saturated carbocycles. The molecule has 27 heavy (non-hydrogen) atoms. The third-order valence-electron chi connectivity index (χ3n) is 4.02. The number of anilines is 1. The predicted octanol–water partition coefficient (Wildman–Crippen LogP) is 4.08. The standard InChI is InChI=1S/C18H16Cl2N2O4S/c1-26-18(23)17(12-7-6-11(19)10-14(12)20)22-9-8-13-15(21-27(2,24)25)4-3-5-16(13)22/h3-10,17,21H,1-2H3. The van der Waals surface area contributed by atoms with Crippen LogP contribution in [0, 0.1) is 0 Å². The number of hydrogen-bond donors (Lipinski definition) is 1. The van der Waals surface area contributed by atoms with Gasteiger partial charge in [-0.1, -0.05) is 35.3 Å². The number of halogens is 2. The number of sulfonamides is 1. The smallest absolute Gasteiger partial charge is 0.333 e. The van der Waals surface area contributed by atoms with Gasteiger partial charge in [-0.15, -0.1) is 0 Å². The lowest BCUT2D eigenvalue weighted by molar-refractivity contribution is -0.143. The Bertz CT molecular complexity index is 1130. The maximum Gasteiger partial charge on any atom is 0.333 e. The number of carbonyl (C=O) groups is 1. The lowest BCUT2D eigenvalue weighted by atomic mass is 10.1. The van der Waals surface area contributed by atoms with Crippen LogP contribution < -0.4 is 4.72 Å². The summed E-state index contributed by atoms with van der Waals surface area (Å²) < 4.78 is 32.4. The van der Waals surface area contributed by atoms with Gasteiger partial charge in [-0.3, -0.25) is 4.72 Å². The molecule has 3 aromatic rings. The first-order valence-corrected chi connectivity index (χ1v) is 10.5. The molecule has 1 N–H and O–H groups in total. The van der Waals surface area contributed by atoms with Gasteiger partial charge in [-0.25, -0.2) is 13.2 Å². The third kappa shape index (κ3) is 4.05. The van der Waals surface area contributed by atoms with Gasteiger partial charge in [0.25, 0.3) is 0 Å². The van der Waals surface area contributed by atoms with Gasteiger partial charge in [0.15, 0.2) is 6.04 Å². The fraction of sp³-hybridized carbons (Fsp3) is 0.167. The highest BCUT2D eigenvalue weighted by Crippen LogP contribution is 2.34. The van der Waals surface area contributed by atoms with Crippen LogP contribution >= 0.6 is 23.2 Å². The molecule has 0 aliphatic carbocycles. The molecule has 9 heteroatoms. The molecule has 0 radical (unpaired) electrons. The minimum atomic E-state index is -3.45. The maximum absolute atomic E-state index is 12.6. The van der Waals surface area contributed by atoms with Crippen LogP contribution in [0.3, 0.4) is 0 Å². The summed E-state index contributed by atoms with van der Waals surface area (Å²) in [6.45, 7) is 0. The van der Waals surface area contributed by atoms with E-state index in [1.54, 1.807) is 53.2 Å². The van der Waals surface area contributed by atoms with Gasteiger partial charge in [0.05, 0.1) is 24.6 Å². The molecular formula is C18H16Cl2N2O4S. The number of aromatic nitrogens is 1. The number of rotatable bonds is 5. The SMILES string of the molecule is COC(=O)C(c1ccc(Cl)cc1Cl)n1ccc2c(NS(C)(=O)=O)cccc21. The topological polar surface area (TPSA) is 77.4 Å². The van der Waals surface area contributed by atoms with E-state index < -0.39 is 22.0 Å². The summed E-state index contributed by atoms with van der Waals surface area (Å²) >= 11 is 12.3. The minimum absolute atomic E-state index is 0.324. The maximum atomic E-state index is 12.6. The second-order valence-electron chi connectivity index (χ2n) is 5.93. The van der Waals surface area contributed by atoms with Gasteiger partial charge in [0.1, 0.15) is 0 Å². The Morgan fingerprint density at radius 3 is 2.56 bits per heavy atom. The Hall–Kier alpha value is -2.22. The molecule has 142 valence electrons. The van der Waals surface area contributed by atoms with Crippen LogP contribution in [-0.4, -0.2) is 32.3 Å². The summed E-state index contributed by atoms with van der Waals surface area (Å²) in [5.74, 6) is -0.516. The van der Waals surface area contributed by atoms with Crippen molar-refractivity contribution in [2.75, 3.05) is 18.1 Å². The highest BCUT2D eigenvalue weighted by molar-refractivity contribution is 7.92. The van der Waals surface area contributed by atoms with E-state index in [-0.39, 0.29) is 0 Å². The minimum Gasteiger partial charge on any atom is -0.467 e. The molecular weight excluding hydrogens is 411 g/mol. The molecule has 0 aliphatic heterocycles. The average Bonchev–Trinajstić information content (AvgIpc) is 3.00. The molecule has 0 fully saturated rings.